The van der Waals surface area contributed by atoms with Crippen molar-refractivity contribution >= 4 is 16.8 Å². The lowest BCUT2D eigenvalue weighted by molar-refractivity contribution is 0.0725. The van der Waals surface area contributed by atoms with Gasteiger partial charge in [-0.25, -0.2) is 0 Å². The number of carbonyl (C=O) groups excluding carboxylic acids is 1. The summed E-state index contributed by atoms with van der Waals surface area (Å²) in [7, 11) is 0. The Hall–Kier alpha value is -1.77. The molecule has 0 bridgehead atoms. The molecule has 1 aromatic heterocycles. The number of aromatic amines is 1. The number of hydrogen-bond acceptors (Lipinski definition) is 1. The Labute approximate surface area is 113 Å². The normalized spacial score (nSPS) is 16.0. The molecule has 2 aromatic rings. The molecule has 1 fully saturated rings. The molecular weight excluding hydrogens is 236 g/mol. The molecule has 1 aliphatic heterocycles. The van der Waals surface area contributed by atoms with E-state index in [1.807, 2.05) is 11.8 Å². The number of aryl methyl sites for hydroxylation is 2. The van der Waals surface area contributed by atoms with Gasteiger partial charge in [-0.15, -0.1) is 0 Å². The summed E-state index contributed by atoms with van der Waals surface area (Å²) in [4.78, 5) is 18.0. The number of hydrogen-bond donors (Lipinski definition) is 1. The van der Waals surface area contributed by atoms with Crippen molar-refractivity contribution in [3.05, 3.63) is 35.0 Å². The van der Waals surface area contributed by atoms with Crippen LogP contribution in [0.15, 0.2) is 18.2 Å². The van der Waals surface area contributed by atoms with Gasteiger partial charge in [0.1, 0.15) is 0 Å². The van der Waals surface area contributed by atoms with Crippen molar-refractivity contribution < 1.29 is 4.79 Å². The van der Waals surface area contributed by atoms with E-state index < -0.39 is 0 Å². The van der Waals surface area contributed by atoms with Crippen molar-refractivity contribution in [3.8, 4) is 0 Å². The van der Waals surface area contributed by atoms with Crippen LogP contribution >= 0.6 is 0 Å². The highest BCUT2D eigenvalue weighted by atomic mass is 16.2. The molecule has 0 atom stereocenters. The quantitative estimate of drug-likeness (QED) is 0.834. The second kappa shape index (κ2) is 4.72. The molecule has 1 amide bonds. The molecule has 3 rings (SSSR count). The first-order valence-electron chi connectivity index (χ1n) is 7.05. The first kappa shape index (κ1) is 12.3. The van der Waals surface area contributed by atoms with Crippen LogP contribution in [0, 0.1) is 13.8 Å². The SMILES string of the molecule is Cc1ccc2c(C(=O)N3CCCCC3)c(C)[nH]c2c1. The van der Waals surface area contributed by atoms with Gasteiger partial charge in [-0.2, -0.15) is 0 Å². The van der Waals surface area contributed by atoms with Crippen LogP contribution in [0.25, 0.3) is 10.9 Å². The standard InChI is InChI=1S/C16H20N2O/c1-11-6-7-13-14(10-11)17-12(2)15(13)16(19)18-8-4-3-5-9-18/h6-7,10,17H,3-5,8-9H2,1-2H3. The Morgan fingerprint density at radius 3 is 2.63 bits per heavy atom. The maximum Gasteiger partial charge on any atom is 0.256 e. The molecule has 100 valence electrons. The zero-order valence-electron chi connectivity index (χ0n) is 11.6. The van der Waals surface area contributed by atoms with Gasteiger partial charge in [-0.1, -0.05) is 12.1 Å². The van der Waals surface area contributed by atoms with Crippen LogP contribution in [-0.2, 0) is 0 Å². The summed E-state index contributed by atoms with van der Waals surface area (Å²) in [6.07, 6.45) is 3.51. The Morgan fingerprint density at radius 2 is 1.89 bits per heavy atom. The number of amides is 1. The van der Waals surface area contributed by atoms with E-state index in [1.54, 1.807) is 0 Å². The van der Waals surface area contributed by atoms with Gasteiger partial charge in [0, 0.05) is 29.7 Å². The van der Waals surface area contributed by atoms with Crippen molar-refractivity contribution in [1.82, 2.24) is 9.88 Å². The maximum atomic E-state index is 12.7. The van der Waals surface area contributed by atoms with Crippen LogP contribution in [0.3, 0.4) is 0 Å². The summed E-state index contributed by atoms with van der Waals surface area (Å²) in [6, 6.07) is 6.24. The van der Waals surface area contributed by atoms with E-state index in [4.69, 9.17) is 0 Å². The van der Waals surface area contributed by atoms with Gasteiger partial charge >= 0.3 is 0 Å². The molecule has 3 nitrogen and oxygen atoms in total. The molecule has 1 aromatic carbocycles. The molecular formula is C16H20N2O. The van der Waals surface area contributed by atoms with Gasteiger partial charge in [0.05, 0.1) is 5.56 Å². The monoisotopic (exact) mass is 256 g/mol. The van der Waals surface area contributed by atoms with E-state index in [0.29, 0.717) is 0 Å². The molecule has 0 spiro atoms. The number of likely N-dealkylation sites (tertiary alicyclic amines) is 1. The smallest absolute Gasteiger partial charge is 0.256 e. The number of rotatable bonds is 1. The number of nitrogens with zero attached hydrogens (tertiary/aromatic N) is 1. The Bertz CT molecular complexity index is 621. The highest BCUT2D eigenvalue weighted by Crippen LogP contribution is 2.25. The van der Waals surface area contributed by atoms with E-state index in [0.717, 1.165) is 48.1 Å². The first-order chi connectivity index (χ1) is 9.16. The zero-order valence-corrected chi connectivity index (χ0v) is 11.6. The third kappa shape index (κ3) is 2.14. The van der Waals surface area contributed by atoms with Gasteiger partial charge in [-0.05, 0) is 44.7 Å². The summed E-state index contributed by atoms with van der Waals surface area (Å²) < 4.78 is 0. The molecule has 0 unspecified atom stereocenters. The summed E-state index contributed by atoms with van der Waals surface area (Å²) in [5.41, 5.74) is 4.12. The number of aromatic nitrogens is 1. The van der Waals surface area contributed by atoms with Gasteiger partial charge < -0.3 is 9.88 Å². The van der Waals surface area contributed by atoms with E-state index in [-0.39, 0.29) is 5.91 Å². The topological polar surface area (TPSA) is 36.1 Å². The Kier molecular flexibility index (Phi) is 3.05. The van der Waals surface area contributed by atoms with Crippen molar-refractivity contribution in [2.75, 3.05) is 13.1 Å². The highest BCUT2D eigenvalue weighted by Gasteiger charge is 2.23. The summed E-state index contributed by atoms with van der Waals surface area (Å²) >= 11 is 0. The third-order valence-electron chi connectivity index (χ3n) is 4.00. The molecule has 19 heavy (non-hydrogen) atoms. The van der Waals surface area contributed by atoms with Crippen LogP contribution in [0.4, 0.5) is 0 Å². The van der Waals surface area contributed by atoms with Gasteiger partial charge in [0.15, 0.2) is 0 Å². The van der Waals surface area contributed by atoms with Crippen molar-refractivity contribution in [2.24, 2.45) is 0 Å². The maximum absolute atomic E-state index is 12.7. The number of piperidine rings is 1. The van der Waals surface area contributed by atoms with Crippen molar-refractivity contribution in [2.45, 2.75) is 33.1 Å². The molecule has 0 radical (unpaired) electrons. The average Bonchev–Trinajstić information content (AvgIpc) is 2.74. The van der Waals surface area contributed by atoms with Crippen LogP contribution in [0.2, 0.25) is 0 Å². The lowest BCUT2D eigenvalue weighted by atomic mass is 10.1. The minimum absolute atomic E-state index is 0.187. The summed E-state index contributed by atoms with van der Waals surface area (Å²) in [5.74, 6) is 0.187. The van der Waals surface area contributed by atoms with Crippen molar-refractivity contribution in [3.63, 3.8) is 0 Å². The molecule has 3 heteroatoms. The predicted molar refractivity (Wildman–Crippen MR) is 77.5 cm³/mol. The van der Waals surface area contributed by atoms with E-state index in [2.05, 4.69) is 30.1 Å². The number of carbonyl (C=O) groups is 1. The van der Waals surface area contributed by atoms with E-state index >= 15 is 0 Å². The molecule has 2 heterocycles. The molecule has 0 aliphatic carbocycles. The fraction of sp³-hybridized carbons (Fsp3) is 0.438. The van der Waals surface area contributed by atoms with Crippen LogP contribution < -0.4 is 0 Å². The fourth-order valence-corrected chi connectivity index (χ4v) is 2.98. The molecule has 1 saturated heterocycles. The van der Waals surface area contributed by atoms with Crippen LogP contribution in [-0.4, -0.2) is 28.9 Å². The molecule has 1 aliphatic rings. The predicted octanol–water partition coefficient (Wildman–Crippen LogP) is 3.41. The van der Waals surface area contributed by atoms with E-state index in [9.17, 15) is 4.79 Å². The minimum atomic E-state index is 0.187. The average molecular weight is 256 g/mol. The van der Waals surface area contributed by atoms with Crippen LogP contribution in [0.5, 0.6) is 0 Å². The minimum Gasteiger partial charge on any atom is -0.358 e. The fourth-order valence-electron chi connectivity index (χ4n) is 2.98. The first-order valence-corrected chi connectivity index (χ1v) is 7.05. The molecule has 0 saturated carbocycles. The highest BCUT2D eigenvalue weighted by molar-refractivity contribution is 6.08. The Morgan fingerprint density at radius 1 is 1.16 bits per heavy atom. The number of nitrogens with one attached hydrogen (secondary N) is 1. The molecule has 1 N–H and O–H groups in total. The summed E-state index contributed by atoms with van der Waals surface area (Å²) in [6.45, 7) is 5.86. The van der Waals surface area contributed by atoms with Gasteiger partial charge in [-0.3, -0.25) is 4.79 Å². The second-order valence-electron chi connectivity index (χ2n) is 5.53. The second-order valence-corrected chi connectivity index (χ2v) is 5.53. The lowest BCUT2D eigenvalue weighted by Crippen LogP contribution is -2.35. The number of H-pyrrole nitrogens is 1. The number of fused-ring (bicyclic) bond motifs is 1. The van der Waals surface area contributed by atoms with Gasteiger partial charge in [0.2, 0.25) is 0 Å². The van der Waals surface area contributed by atoms with E-state index in [1.165, 1.54) is 12.0 Å². The number of benzene rings is 1. The zero-order chi connectivity index (χ0) is 13.4. The third-order valence-corrected chi connectivity index (χ3v) is 4.00. The van der Waals surface area contributed by atoms with Crippen LogP contribution in [0.1, 0.15) is 40.9 Å². The van der Waals surface area contributed by atoms with Crippen molar-refractivity contribution in [1.29, 1.82) is 0 Å². The Balaban J connectivity index is 2.03. The largest absolute Gasteiger partial charge is 0.358 e. The summed E-state index contributed by atoms with van der Waals surface area (Å²) in [5, 5.41) is 1.05. The van der Waals surface area contributed by atoms with Gasteiger partial charge in [0.25, 0.3) is 5.91 Å². The lowest BCUT2D eigenvalue weighted by Gasteiger charge is -2.26.